The van der Waals surface area contributed by atoms with E-state index in [0.29, 0.717) is 6.54 Å². The number of nitrogens with zero attached hydrogens (tertiary/aromatic N) is 4. The molecular weight excluding hydrogens is 418 g/mol. The predicted octanol–water partition coefficient (Wildman–Crippen LogP) is 3.28. The average Bonchev–Trinajstić information content (AvgIpc) is 3.08. The molecule has 0 aliphatic carbocycles. The molecule has 1 aliphatic rings. The highest BCUT2D eigenvalue weighted by Crippen LogP contribution is 2.39. The number of aryl methyl sites for hydroxylation is 1. The Morgan fingerprint density at radius 2 is 1.92 bits per heavy atom. The van der Waals surface area contributed by atoms with Crippen molar-refractivity contribution in [1.29, 1.82) is 0 Å². The lowest BCUT2D eigenvalue weighted by Gasteiger charge is -2.44. The minimum atomic E-state index is -0.541. The zero-order valence-corrected chi connectivity index (χ0v) is 16.2. The van der Waals surface area contributed by atoms with Gasteiger partial charge in [0.25, 0.3) is 5.91 Å². The molecule has 1 amide bonds. The van der Waals surface area contributed by atoms with Crippen LogP contribution in [-0.4, -0.2) is 37.8 Å². The second-order valence-corrected chi connectivity index (χ2v) is 7.46. The molecule has 1 aliphatic heterocycles. The van der Waals surface area contributed by atoms with Gasteiger partial charge in [0.2, 0.25) is 0 Å². The first kappa shape index (κ1) is 17.5. The molecule has 2 atom stereocenters. The lowest BCUT2D eigenvalue weighted by atomic mass is 9.95. The summed E-state index contributed by atoms with van der Waals surface area (Å²) in [5.41, 5.74) is 6.10. The highest BCUT2D eigenvalue weighted by atomic mass is 79.9. The molecule has 2 heterocycles. The molecule has 2 aromatic carbocycles. The van der Waals surface area contributed by atoms with Crippen molar-refractivity contribution in [3.05, 3.63) is 58.6 Å². The Labute approximate surface area is 164 Å². The van der Waals surface area contributed by atoms with Crippen molar-refractivity contribution in [3.63, 3.8) is 0 Å². The van der Waals surface area contributed by atoms with Crippen LogP contribution in [0.2, 0.25) is 0 Å². The van der Waals surface area contributed by atoms with Crippen LogP contribution >= 0.6 is 27.5 Å². The van der Waals surface area contributed by atoms with E-state index < -0.39 is 5.38 Å². The Morgan fingerprint density at radius 1 is 1.15 bits per heavy atom. The summed E-state index contributed by atoms with van der Waals surface area (Å²) in [6.45, 7) is 1.37. The second-order valence-electron chi connectivity index (χ2n) is 6.14. The van der Waals surface area contributed by atoms with E-state index in [-0.39, 0.29) is 11.9 Å². The van der Waals surface area contributed by atoms with Crippen molar-refractivity contribution in [3.8, 4) is 0 Å². The van der Waals surface area contributed by atoms with Gasteiger partial charge in [-0.3, -0.25) is 9.80 Å². The van der Waals surface area contributed by atoms with Crippen molar-refractivity contribution in [2.45, 2.75) is 24.4 Å². The first-order valence-corrected chi connectivity index (χ1v) is 9.63. The molecule has 1 aromatic heterocycles. The number of β-lactam (4-membered cyclic amide) rings is 1. The summed E-state index contributed by atoms with van der Waals surface area (Å²) in [6, 6.07) is 15.5. The summed E-state index contributed by atoms with van der Waals surface area (Å²) in [5, 5.41) is 9.41. The van der Waals surface area contributed by atoms with Crippen LogP contribution < -0.4 is 5.43 Å². The molecule has 4 rings (SSSR count). The van der Waals surface area contributed by atoms with Crippen LogP contribution in [0.25, 0.3) is 11.0 Å². The van der Waals surface area contributed by atoms with Gasteiger partial charge in [-0.1, -0.05) is 51.5 Å². The van der Waals surface area contributed by atoms with Gasteiger partial charge in [0.05, 0.1) is 11.6 Å². The fraction of sp³-hybridized carbons (Fsp3) is 0.278. The molecule has 6 nitrogen and oxygen atoms in total. The van der Waals surface area contributed by atoms with E-state index in [2.05, 4.69) is 31.7 Å². The van der Waals surface area contributed by atoms with E-state index >= 15 is 0 Å². The molecular formula is C18H17BrClN5O. The molecule has 2 unspecified atom stereocenters. The Morgan fingerprint density at radius 3 is 2.77 bits per heavy atom. The minimum absolute atomic E-state index is 0.0985. The zero-order chi connectivity index (χ0) is 18.1. The van der Waals surface area contributed by atoms with Crippen LogP contribution in [0.4, 0.5) is 0 Å². The van der Waals surface area contributed by atoms with Crippen LogP contribution in [0.3, 0.4) is 0 Å². The van der Waals surface area contributed by atoms with Gasteiger partial charge in [0, 0.05) is 17.6 Å². The monoisotopic (exact) mass is 433 g/mol. The van der Waals surface area contributed by atoms with Crippen molar-refractivity contribution >= 4 is 44.5 Å². The molecule has 0 radical (unpaired) electrons. The molecule has 1 saturated heterocycles. The summed E-state index contributed by atoms with van der Waals surface area (Å²) in [5.74, 6) is -0.0985. The first-order chi connectivity index (χ1) is 12.7. The van der Waals surface area contributed by atoms with Gasteiger partial charge >= 0.3 is 0 Å². The molecule has 0 spiro atoms. The number of aromatic nitrogens is 3. The fourth-order valence-electron chi connectivity index (χ4n) is 3.15. The Balaban J connectivity index is 1.36. The number of hydrogen-bond acceptors (Lipinski definition) is 4. The molecule has 134 valence electrons. The molecule has 1 N–H and O–H groups in total. The second kappa shape index (κ2) is 7.34. The summed E-state index contributed by atoms with van der Waals surface area (Å²) >= 11 is 9.79. The van der Waals surface area contributed by atoms with Crippen molar-refractivity contribution in [2.75, 3.05) is 6.54 Å². The summed E-state index contributed by atoms with van der Waals surface area (Å²) in [6.07, 6.45) is 0.812. The van der Waals surface area contributed by atoms with Gasteiger partial charge in [-0.15, -0.1) is 16.7 Å². The summed E-state index contributed by atoms with van der Waals surface area (Å²) < 4.78 is 2.83. The summed E-state index contributed by atoms with van der Waals surface area (Å²) in [7, 11) is 0. The number of carbonyl (C=O) groups excluding carboxylic acids is 1. The van der Waals surface area contributed by atoms with Crippen LogP contribution in [0, 0.1) is 0 Å². The minimum Gasteiger partial charge on any atom is -0.272 e. The van der Waals surface area contributed by atoms with Crippen LogP contribution in [-0.2, 0) is 11.3 Å². The van der Waals surface area contributed by atoms with Crippen LogP contribution in [0.5, 0.6) is 0 Å². The fourth-order valence-corrected chi connectivity index (χ4v) is 4.03. The molecule has 3 aromatic rings. The quantitative estimate of drug-likeness (QED) is 0.367. The molecule has 0 bridgehead atoms. The number of fused-ring (bicyclic) bond motifs is 1. The van der Waals surface area contributed by atoms with E-state index in [0.717, 1.165) is 34.0 Å². The number of para-hydroxylation sites is 1. The van der Waals surface area contributed by atoms with E-state index in [4.69, 9.17) is 11.6 Å². The Hall–Kier alpha value is -1.96. The van der Waals surface area contributed by atoms with E-state index in [1.165, 1.54) is 0 Å². The number of nitrogens with one attached hydrogen (secondary N) is 1. The largest absolute Gasteiger partial charge is 0.272 e. The third kappa shape index (κ3) is 3.11. The number of benzene rings is 2. The van der Waals surface area contributed by atoms with Gasteiger partial charge in [-0.05, 0) is 30.2 Å². The third-order valence-corrected chi connectivity index (χ3v) is 5.65. The molecule has 0 saturated carbocycles. The smallest absolute Gasteiger partial charge is 0.257 e. The number of rotatable bonds is 6. The highest BCUT2D eigenvalue weighted by Gasteiger charge is 2.47. The average molecular weight is 435 g/mol. The van der Waals surface area contributed by atoms with Gasteiger partial charge in [0.1, 0.15) is 10.9 Å². The zero-order valence-electron chi connectivity index (χ0n) is 13.8. The first-order valence-electron chi connectivity index (χ1n) is 8.40. The Kier molecular flexibility index (Phi) is 4.93. The number of amides is 1. The van der Waals surface area contributed by atoms with Gasteiger partial charge in [-0.2, -0.15) is 0 Å². The standard InChI is InChI=1S/C18H17BrClN5O/c19-13-7-2-1-6-12(13)17-16(20)18(26)25(17)21-10-5-11-24-15-9-4-3-8-14(15)22-23-24/h1-4,6-9,16-17,21H,5,10-11H2. The normalized spacial score (nSPS) is 19.8. The lowest BCUT2D eigenvalue weighted by Crippen LogP contribution is -2.62. The maximum Gasteiger partial charge on any atom is 0.257 e. The lowest BCUT2D eigenvalue weighted by molar-refractivity contribution is -0.151. The van der Waals surface area contributed by atoms with Gasteiger partial charge in [-0.25, -0.2) is 10.1 Å². The topological polar surface area (TPSA) is 63.1 Å². The molecule has 26 heavy (non-hydrogen) atoms. The number of carbonyl (C=O) groups is 1. The molecule has 1 fully saturated rings. The predicted molar refractivity (Wildman–Crippen MR) is 104 cm³/mol. The van der Waals surface area contributed by atoms with E-state index in [9.17, 15) is 4.79 Å². The summed E-state index contributed by atoms with van der Waals surface area (Å²) in [4.78, 5) is 12.1. The maximum atomic E-state index is 12.1. The maximum absolute atomic E-state index is 12.1. The SMILES string of the molecule is O=C1C(Cl)C(c2ccccc2Br)N1NCCCn1nnc2ccccc21. The van der Waals surface area contributed by atoms with Crippen LogP contribution in [0.15, 0.2) is 53.0 Å². The third-order valence-electron chi connectivity index (χ3n) is 4.50. The number of halogens is 2. The van der Waals surface area contributed by atoms with Gasteiger partial charge < -0.3 is 0 Å². The Bertz CT molecular complexity index is 946. The van der Waals surface area contributed by atoms with Crippen molar-refractivity contribution < 1.29 is 4.79 Å². The highest BCUT2D eigenvalue weighted by molar-refractivity contribution is 9.10. The van der Waals surface area contributed by atoms with Gasteiger partial charge in [0.15, 0.2) is 0 Å². The van der Waals surface area contributed by atoms with E-state index in [1.807, 2.05) is 53.2 Å². The van der Waals surface area contributed by atoms with Crippen LogP contribution in [0.1, 0.15) is 18.0 Å². The molecule has 8 heteroatoms. The number of hydrogen-bond donors (Lipinski definition) is 1. The number of hydrazine groups is 1. The van der Waals surface area contributed by atoms with E-state index in [1.54, 1.807) is 5.01 Å². The number of alkyl halides is 1. The van der Waals surface area contributed by atoms with Crippen molar-refractivity contribution in [1.82, 2.24) is 25.4 Å². The van der Waals surface area contributed by atoms with Crippen molar-refractivity contribution in [2.24, 2.45) is 0 Å².